The van der Waals surface area contributed by atoms with E-state index in [4.69, 9.17) is 4.74 Å². The number of carbonyl (C=O) groups is 1. The molecule has 5 nitrogen and oxygen atoms in total. The molecule has 0 aliphatic carbocycles. The SMILES string of the molecule is CCOC(=O)C1CCCN1S(=O)(=O)c1cccc(Br)c1. The summed E-state index contributed by atoms with van der Waals surface area (Å²) < 4.78 is 32.1. The van der Waals surface area contributed by atoms with Gasteiger partial charge in [0.15, 0.2) is 0 Å². The number of carbonyl (C=O) groups excluding carboxylic acids is 1. The first-order valence-electron chi connectivity index (χ1n) is 6.41. The molecule has 0 saturated carbocycles. The highest BCUT2D eigenvalue weighted by atomic mass is 79.9. The lowest BCUT2D eigenvalue weighted by molar-refractivity contribution is -0.146. The average molecular weight is 362 g/mol. The fraction of sp³-hybridized carbons (Fsp3) is 0.462. The van der Waals surface area contributed by atoms with E-state index in [1.54, 1.807) is 19.1 Å². The van der Waals surface area contributed by atoms with Gasteiger partial charge in [-0.3, -0.25) is 4.79 Å². The van der Waals surface area contributed by atoms with Crippen LogP contribution in [0.5, 0.6) is 0 Å². The highest BCUT2D eigenvalue weighted by Gasteiger charge is 2.40. The maximum atomic E-state index is 12.6. The molecule has 20 heavy (non-hydrogen) atoms. The third kappa shape index (κ3) is 3.05. The molecule has 7 heteroatoms. The Morgan fingerprint density at radius 1 is 1.50 bits per heavy atom. The Bertz CT molecular complexity index is 602. The third-order valence-corrected chi connectivity index (χ3v) is 5.56. The van der Waals surface area contributed by atoms with Crippen LogP contribution < -0.4 is 0 Å². The monoisotopic (exact) mass is 361 g/mol. The summed E-state index contributed by atoms with van der Waals surface area (Å²) in [4.78, 5) is 12.0. The van der Waals surface area contributed by atoms with Crippen LogP contribution in [-0.4, -0.2) is 37.9 Å². The number of ether oxygens (including phenoxy) is 1. The van der Waals surface area contributed by atoms with Gasteiger partial charge in [0, 0.05) is 11.0 Å². The third-order valence-electron chi connectivity index (χ3n) is 3.17. The van der Waals surface area contributed by atoms with Crippen LogP contribution in [0.3, 0.4) is 0 Å². The van der Waals surface area contributed by atoms with Crippen molar-refractivity contribution in [3.63, 3.8) is 0 Å². The van der Waals surface area contributed by atoms with Gasteiger partial charge < -0.3 is 4.74 Å². The Morgan fingerprint density at radius 3 is 2.90 bits per heavy atom. The van der Waals surface area contributed by atoms with Crippen LogP contribution in [0.4, 0.5) is 0 Å². The second kappa shape index (κ2) is 6.24. The highest BCUT2D eigenvalue weighted by molar-refractivity contribution is 9.10. The zero-order valence-electron chi connectivity index (χ0n) is 11.1. The fourth-order valence-corrected chi connectivity index (χ4v) is 4.51. The number of rotatable bonds is 4. The largest absolute Gasteiger partial charge is 0.465 e. The molecule has 0 spiro atoms. The molecule has 110 valence electrons. The summed E-state index contributed by atoms with van der Waals surface area (Å²) in [5, 5.41) is 0. The van der Waals surface area contributed by atoms with Crippen molar-refractivity contribution in [1.82, 2.24) is 4.31 Å². The minimum atomic E-state index is -3.67. The van der Waals surface area contributed by atoms with Gasteiger partial charge in [0.05, 0.1) is 11.5 Å². The molecule has 1 atom stereocenters. The molecule has 0 N–H and O–H groups in total. The van der Waals surface area contributed by atoms with Gasteiger partial charge in [-0.05, 0) is 38.0 Å². The Morgan fingerprint density at radius 2 is 2.25 bits per heavy atom. The van der Waals surface area contributed by atoms with Crippen molar-refractivity contribution in [3.8, 4) is 0 Å². The molecule has 0 radical (unpaired) electrons. The fourth-order valence-electron chi connectivity index (χ4n) is 2.26. The molecule has 1 unspecified atom stereocenters. The molecular formula is C13H16BrNO4S. The van der Waals surface area contributed by atoms with Crippen molar-refractivity contribution >= 4 is 31.9 Å². The summed E-state index contributed by atoms with van der Waals surface area (Å²) in [7, 11) is -3.67. The van der Waals surface area contributed by atoms with Crippen LogP contribution in [0, 0.1) is 0 Å². The van der Waals surface area contributed by atoms with Crippen molar-refractivity contribution in [2.45, 2.75) is 30.7 Å². The van der Waals surface area contributed by atoms with Crippen molar-refractivity contribution in [3.05, 3.63) is 28.7 Å². The second-order valence-electron chi connectivity index (χ2n) is 4.48. The zero-order chi connectivity index (χ0) is 14.8. The zero-order valence-corrected chi connectivity index (χ0v) is 13.5. The van der Waals surface area contributed by atoms with Crippen molar-refractivity contribution < 1.29 is 17.9 Å². The number of halogens is 1. The van der Waals surface area contributed by atoms with Gasteiger partial charge in [-0.15, -0.1) is 0 Å². The van der Waals surface area contributed by atoms with Gasteiger partial charge in [-0.2, -0.15) is 4.31 Å². The summed E-state index contributed by atoms with van der Waals surface area (Å²) in [5.74, 6) is -0.469. The Labute approximate surface area is 127 Å². The van der Waals surface area contributed by atoms with E-state index in [9.17, 15) is 13.2 Å². The first-order valence-corrected chi connectivity index (χ1v) is 8.64. The van der Waals surface area contributed by atoms with Crippen LogP contribution >= 0.6 is 15.9 Å². The maximum absolute atomic E-state index is 12.6. The smallest absolute Gasteiger partial charge is 0.324 e. The van der Waals surface area contributed by atoms with Gasteiger partial charge in [-0.25, -0.2) is 8.42 Å². The van der Waals surface area contributed by atoms with Gasteiger partial charge in [0.25, 0.3) is 0 Å². The number of hydrogen-bond donors (Lipinski definition) is 0. The van der Waals surface area contributed by atoms with E-state index >= 15 is 0 Å². The molecule has 1 aromatic carbocycles. The Balaban J connectivity index is 2.31. The molecule has 0 bridgehead atoms. The minimum Gasteiger partial charge on any atom is -0.465 e. The molecule has 1 aliphatic heterocycles. The maximum Gasteiger partial charge on any atom is 0.324 e. The number of sulfonamides is 1. The normalized spacial score (nSPS) is 20.0. The van der Waals surface area contributed by atoms with Crippen LogP contribution in [-0.2, 0) is 19.6 Å². The van der Waals surface area contributed by atoms with Crippen LogP contribution in [0.15, 0.2) is 33.6 Å². The van der Waals surface area contributed by atoms with Gasteiger partial charge in [-0.1, -0.05) is 22.0 Å². The number of benzene rings is 1. The summed E-state index contributed by atoms with van der Waals surface area (Å²) in [5.41, 5.74) is 0. The lowest BCUT2D eigenvalue weighted by atomic mass is 10.2. The van der Waals surface area contributed by atoms with E-state index in [1.807, 2.05) is 0 Å². The average Bonchev–Trinajstić information content (AvgIpc) is 2.89. The molecule has 1 heterocycles. The first kappa shape index (κ1) is 15.5. The number of nitrogens with zero attached hydrogens (tertiary/aromatic N) is 1. The van der Waals surface area contributed by atoms with Crippen molar-refractivity contribution in [2.75, 3.05) is 13.2 Å². The van der Waals surface area contributed by atoms with Gasteiger partial charge >= 0.3 is 5.97 Å². The summed E-state index contributed by atoms with van der Waals surface area (Å²) in [6.45, 7) is 2.30. The summed E-state index contributed by atoms with van der Waals surface area (Å²) in [6.07, 6.45) is 1.17. The first-order chi connectivity index (χ1) is 9.46. The van der Waals surface area contributed by atoms with E-state index in [1.165, 1.54) is 16.4 Å². The predicted octanol–water partition coefficient (Wildman–Crippen LogP) is 2.17. The Hall–Kier alpha value is -0.920. The number of hydrogen-bond acceptors (Lipinski definition) is 4. The lowest BCUT2D eigenvalue weighted by Crippen LogP contribution is -2.41. The van der Waals surface area contributed by atoms with Crippen LogP contribution in [0.1, 0.15) is 19.8 Å². The minimum absolute atomic E-state index is 0.183. The summed E-state index contributed by atoms with van der Waals surface area (Å²) >= 11 is 3.26. The van der Waals surface area contributed by atoms with Gasteiger partial charge in [0.2, 0.25) is 10.0 Å². The standard InChI is InChI=1S/C13H16BrNO4S/c1-2-19-13(16)12-7-4-8-15(12)20(17,18)11-6-3-5-10(14)9-11/h3,5-6,9,12H,2,4,7-8H2,1H3. The lowest BCUT2D eigenvalue weighted by Gasteiger charge is -2.22. The predicted molar refractivity (Wildman–Crippen MR) is 77.7 cm³/mol. The van der Waals surface area contributed by atoms with E-state index in [2.05, 4.69) is 15.9 Å². The van der Waals surface area contributed by atoms with Crippen LogP contribution in [0.2, 0.25) is 0 Å². The molecule has 0 aromatic heterocycles. The molecule has 0 amide bonds. The second-order valence-corrected chi connectivity index (χ2v) is 7.29. The molecule has 1 aliphatic rings. The number of esters is 1. The van der Waals surface area contributed by atoms with E-state index in [0.29, 0.717) is 23.9 Å². The quantitative estimate of drug-likeness (QED) is 0.770. The Kier molecular flexibility index (Phi) is 4.82. The van der Waals surface area contributed by atoms with Crippen molar-refractivity contribution in [1.29, 1.82) is 0 Å². The molecule has 1 aromatic rings. The summed E-state index contributed by atoms with van der Waals surface area (Å²) in [6, 6.07) is 5.77. The molecule has 2 rings (SSSR count). The van der Waals surface area contributed by atoms with E-state index in [-0.39, 0.29) is 11.5 Å². The van der Waals surface area contributed by atoms with E-state index in [0.717, 1.165) is 0 Å². The van der Waals surface area contributed by atoms with Crippen LogP contribution in [0.25, 0.3) is 0 Å². The molecular weight excluding hydrogens is 346 g/mol. The van der Waals surface area contributed by atoms with Crippen molar-refractivity contribution in [2.24, 2.45) is 0 Å². The molecule has 1 fully saturated rings. The topological polar surface area (TPSA) is 63.7 Å². The highest BCUT2D eigenvalue weighted by Crippen LogP contribution is 2.28. The van der Waals surface area contributed by atoms with E-state index < -0.39 is 22.0 Å². The molecule has 1 saturated heterocycles. The van der Waals surface area contributed by atoms with Gasteiger partial charge in [0.1, 0.15) is 6.04 Å².